The summed E-state index contributed by atoms with van der Waals surface area (Å²) in [5, 5.41) is 2.92. The highest BCUT2D eigenvalue weighted by Gasteiger charge is 2.37. The lowest BCUT2D eigenvalue weighted by molar-refractivity contribution is -0.130. The average Bonchev–Trinajstić information content (AvgIpc) is 3.29. The molecule has 0 bridgehead atoms. The zero-order valence-corrected chi connectivity index (χ0v) is 17.2. The quantitative estimate of drug-likeness (QED) is 0.552. The summed E-state index contributed by atoms with van der Waals surface area (Å²) in [6, 6.07) is 7.65. The molecule has 5 amide bonds. The SMILES string of the molecule is O=C(OCC(=O)N1CCNC1=O)c1ccc2c(c1)C(=O)N(c1ccc(Cl)c(Cl)c1)C2=O. The lowest BCUT2D eigenvalue weighted by Crippen LogP contribution is -2.37. The molecule has 2 aliphatic rings. The van der Waals surface area contributed by atoms with Crippen molar-refractivity contribution in [3.8, 4) is 0 Å². The zero-order chi connectivity index (χ0) is 22.3. The number of hydrogen-bond acceptors (Lipinski definition) is 6. The van der Waals surface area contributed by atoms with Gasteiger partial charge >= 0.3 is 12.0 Å². The van der Waals surface area contributed by atoms with Crippen LogP contribution in [-0.4, -0.2) is 54.3 Å². The number of fused-ring (bicyclic) bond motifs is 1. The highest BCUT2D eigenvalue weighted by molar-refractivity contribution is 6.42. The van der Waals surface area contributed by atoms with Gasteiger partial charge in [0.2, 0.25) is 0 Å². The number of amides is 5. The molecule has 0 radical (unpaired) electrons. The smallest absolute Gasteiger partial charge is 0.338 e. The molecule has 2 heterocycles. The maximum Gasteiger partial charge on any atom is 0.338 e. The normalized spacial score (nSPS) is 15.2. The number of rotatable bonds is 4. The predicted octanol–water partition coefficient (Wildman–Crippen LogP) is 2.50. The molecule has 2 aliphatic heterocycles. The Morgan fingerprint density at radius 3 is 2.39 bits per heavy atom. The van der Waals surface area contributed by atoms with Crippen molar-refractivity contribution < 1.29 is 28.7 Å². The molecule has 0 saturated carbocycles. The van der Waals surface area contributed by atoms with Gasteiger partial charge in [-0.1, -0.05) is 23.2 Å². The molecule has 158 valence electrons. The van der Waals surface area contributed by atoms with Crippen molar-refractivity contribution in [3.05, 3.63) is 63.1 Å². The Morgan fingerprint density at radius 2 is 1.71 bits per heavy atom. The van der Waals surface area contributed by atoms with E-state index < -0.39 is 36.3 Å². The molecular weight excluding hydrogens is 449 g/mol. The van der Waals surface area contributed by atoms with Crippen molar-refractivity contribution in [2.45, 2.75) is 0 Å². The standard InChI is InChI=1S/C20H13Cl2N3O6/c21-14-4-2-11(8-15(14)22)25-17(27)12-3-1-10(7-13(12)18(25)28)19(29)31-9-16(26)24-6-5-23-20(24)30/h1-4,7-8H,5-6,9H2,(H,23,30). The van der Waals surface area contributed by atoms with Gasteiger partial charge in [0.15, 0.2) is 6.61 Å². The Kier molecular flexibility index (Phi) is 5.38. The molecule has 0 spiro atoms. The number of hydrogen-bond donors (Lipinski definition) is 1. The number of esters is 1. The van der Waals surface area contributed by atoms with Crippen LogP contribution in [0.5, 0.6) is 0 Å². The summed E-state index contributed by atoms with van der Waals surface area (Å²) in [5.74, 6) is -2.75. The van der Waals surface area contributed by atoms with Gasteiger partial charge in [-0.3, -0.25) is 19.3 Å². The van der Waals surface area contributed by atoms with Gasteiger partial charge in [0, 0.05) is 13.1 Å². The Morgan fingerprint density at radius 1 is 0.968 bits per heavy atom. The minimum atomic E-state index is -0.871. The number of imide groups is 2. The highest BCUT2D eigenvalue weighted by Crippen LogP contribution is 2.33. The van der Waals surface area contributed by atoms with E-state index in [9.17, 15) is 24.0 Å². The second kappa shape index (κ2) is 8.01. The van der Waals surface area contributed by atoms with Crippen molar-refractivity contribution in [2.75, 3.05) is 24.6 Å². The Hall–Kier alpha value is -3.43. The van der Waals surface area contributed by atoms with Gasteiger partial charge in [0.25, 0.3) is 17.7 Å². The van der Waals surface area contributed by atoms with Crippen molar-refractivity contribution in [1.82, 2.24) is 10.2 Å². The summed E-state index contributed by atoms with van der Waals surface area (Å²) < 4.78 is 4.96. The molecule has 11 heteroatoms. The van der Waals surface area contributed by atoms with Crippen molar-refractivity contribution >= 4 is 58.6 Å². The minimum absolute atomic E-state index is 0.00997. The van der Waals surface area contributed by atoms with E-state index in [1.165, 1.54) is 36.4 Å². The molecule has 31 heavy (non-hydrogen) atoms. The van der Waals surface area contributed by atoms with Crippen LogP contribution in [0, 0.1) is 0 Å². The van der Waals surface area contributed by atoms with Gasteiger partial charge in [-0.25, -0.2) is 14.5 Å². The highest BCUT2D eigenvalue weighted by atomic mass is 35.5. The zero-order valence-electron chi connectivity index (χ0n) is 15.7. The predicted molar refractivity (Wildman–Crippen MR) is 109 cm³/mol. The van der Waals surface area contributed by atoms with Crippen LogP contribution in [0.25, 0.3) is 0 Å². The second-order valence-corrected chi connectivity index (χ2v) is 7.47. The fourth-order valence-electron chi connectivity index (χ4n) is 3.22. The molecule has 2 aromatic rings. The Labute approximate surface area is 185 Å². The van der Waals surface area contributed by atoms with Gasteiger partial charge < -0.3 is 10.1 Å². The van der Waals surface area contributed by atoms with Gasteiger partial charge in [-0.05, 0) is 36.4 Å². The van der Waals surface area contributed by atoms with E-state index in [2.05, 4.69) is 5.32 Å². The van der Waals surface area contributed by atoms with Crippen LogP contribution >= 0.6 is 23.2 Å². The van der Waals surface area contributed by atoms with Crippen LogP contribution in [0.2, 0.25) is 10.0 Å². The summed E-state index contributed by atoms with van der Waals surface area (Å²) in [7, 11) is 0. The number of nitrogens with zero attached hydrogens (tertiary/aromatic N) is 2. The number of ether oxygens (including phenoxy) is 1. The lowest BCUT2D eigenvalue weighted by Gasteiger charge is -2.14. The van der Waals surface area contributed by atoms with E-state index >= 15 is 0 Å². The largest absolute Gasteiger partial charge is 0.452 e. The fourth-order valence-corrected chi connectivity index (χ4v) is 3.52. The summed E-state index contributed by atoms with van der Waals surface area (Å²) in [5.41, 5.74) is 0.335. The molecule has 9 nitrogen and oxygen atoms in total. The fraction of sp³-hybridized carbons (Fsp3) is 0.150. The lowest BCUT2D eigenvalue weighted by atomic mass is 10.1. The Balaban J connectivity index is 1.51. The monoisotopic (exact) mass is 461 g/mol. The van der Waals surface area contributed by atoms with Crippen LogP contribution < -0.4 is 10.2 Å². The first-order valence-corrected chi connectivity index (χ1v) is 9.76. The number of carbonyl (C=O) groups excluding carboxylic acids is 5. The first-order chi connectivity index (χ1) is 14.8. The third kappa shape index (κ3) is 3.73. The van der Waals surface area contributed by atoms with Gasteiger partial charge in [0.05, 0.1) is 32.4 Å². The third-order valence-electron chi connectivity index (χ3n) is 4.77. The molecule has 0 unspecified atom stereocenters. The molecule has 2 aromatic carbocycles. The molecule has 4 rings (SSSR count). The molecule has 0 aliphatic carbocycles. The van der Waals surface area contributed by atoms with E-state index in [1.807, 2.05) is 0 Å². The van der Waals surface area contributed by atoms with Gasteiger partial charge in [-0.15, -0.1) is 0 Å². The van der Waals surface area contributed by atoms with Gasteiger partial charge in [0.1, 0.15) is 0 Å². The van der Waals surface area contributed by atoms with Crippen LogP contribution in [0.4, 0.5) is 10.5 Å². The summed E-state index contributed by atoms with van der Waals surface area (Å²) >= 11 is 11.9. The molecule has 0 aromatic heterocycles. The number of halogens is 2. The van der Waals surface area contributed by atoms with Crippen molar-refractivity contribution in [1.29, 1.82) is 0 Å². The molecule has 1 N–H and O–H groups in total. The number of urea groups is 1. The summed E-state index contributed by atoms with van der Waals surface area (Å²) in [4.78, 5) is 63.2. The van der Waals surface area contributed by atoms with E-state index in [0.29, 0.717) is 6.54 Å². The van der Waals surface area contributed by atoms with E-state index in [1.54, 1.807) is 0 Å². The third-order valence-corrected chi connectivity index (χ3v) is 5.51. The topological polar surface area (TPSA) is 113 Å². The molecule has 1 saturated heterocycles. The molecule has 1 fully saturated rings. The van der Waals surface area contributed by atoms with Crippen LogP contribution in [0.15, 0.2) is 36.4 Å². The van der Waals surface area contributed by atoms with Crippen LogP contribution in [0.3, 0.4) is 0 Å². The van der Waals surface area contributed by atoms with Crippen molar-refractivity contribution in [3.63, 3.8) is 0 Å². The maximum absolute atomic E-state index is 12.8. The minimum Gasteiger partial charge on any atom is -0.452 e. The van der Waals surface area contributed by atoms with E-state index in [4.69, 9.17) is 27.9 Å². The molecular formula is C20H13Cl2N3O6. The number of carbonyl (C=O) groups is 5. The average molecular weight is 462 g/mol. The maximum atomic E-state index is 12.8. The number of nitrogens with one attached hydrogen (secondary N) is 1. The van der Waals surface area contributed by atoms with Crippen LogP contribution in [0.1, 0.15) is 31.1 Å². The van der Waals surface area contributed by atoms with Crippen LogP contribution in [-0.2, 0) is 9.53 Å². The number of anilines is 1. The first kappa shape index (κ1) is 20.8. The summed E-state index contributed by atoms with van der Waals surface area (Å²) in [6.45, 7) is -0.115. The summed E-state index contributed by atoms with van der Waals surface area (Å²) in [6.07, 6.45) is 0. The molecule has 0 atom stereocenters. The van der Waals surface area contributed by atoms with E-state index in [0.717, 1.165) is 9.80 Å². The first-order valence-electron chi connectivity index (χ1n) is 9.01. The Bertz CT molecular complexity index is 1170. The number of benzene rings is 2. The second-order valence-electron chi connectivity index (χ2n) is 6.66. The van der Waals surface area contributed by atoms with E-state index in [-0.39, 0.29) is 39.0 Å². The van der Waals surface area contributed by atoms with Gasteiger partial charge in [-0.2, -0.15) is 0 Å². The van der Waals surface area contributed by atoms with Crippen molar-refractivity contribution in [2.24, 2.45) is 0 Å².